The quantitative estimate of drug-likeness (QED) is 0.820. The Morgan fingerprint density at radius 1 is 1.29 bits per heavy atom. The zero-order valence-electron chi connectivity index (χ0n) is 11.6. The summed E-state index contributed by atoms with van der Waals surface area (Å²) >= 11 is 6.77. The lowest BCUT2D eigenvalue weighted by Gasteiger charge is -2.15. The standard InChI is InChI=1S/C15H14Br2N2O2/c1-9(10-5-6-13(21-2)12(17)8-10)19-15(20)14-11(16)4-3-7-18-14/h3-9H,1-2H3,(H,19,20). The second-order valence-electron chi connectivity index (χ2n) is 4.42. The molecule has 1 amide bonds. The molecule has 1 unspecified atom stereocenters. The molecule has 0 radical (unpaired) electrons. The molecule has 4 nitrogen and oxygen atoms in total. The number of carbonyl (C=O) groups is 1. The molecule has 1 N–H and O–H groups in total. The molecule has 0 saturated carbocycles. The Hall–Kier alpha value is -1.40. The van der Waals surface area contributed by atoms with Gasteiger partial charge in [0.05, 0.1) is 17.6 Å². The monoisotopic (exact) mass is 412 g/mol. The van der Waals surface area contributed by atoms with E-state index < -0.39 is 0 Å². The van der Waals surface area contributed by atoms with Gasteiger partial charge < -0.3 is 10.1 Å². The molecule has 0 aliphatic carbocycles. The van der Waals surface area contributed by atoms with Crippen LogP contribution in [0.15, 0.2) is 45.5 Å². The number of methoxy groups -OCH3 is 1. The summed E-state index contributed by atoms with van der Waals surface area (Å²) < 4.78 is 6.72. The predicted molar refractivity (Wildman–Crippen MR) is 88.5 cm³/mol. The van der Waals surface area contributed by atoms with Gasteiger partial charge in [0.2, 0.25) is 0 Å². The molecule has 0 saturated heterocycles. The van der Waals surface area contributed by atoms with Crippen molar-refractivity contribution in [3.63, 3.8) is 0 Å². The summed E-state index contributed by atoms with van der Waals surface area (Å²) in [5.74, 6) is 0.534. The first kappa shape index (κ1) is 16.0. The molecular formula is C15H14Br2N2O2. The van der Waals surface area contributed by atoms with E-state index in [4.69, 9.17) is 4.74 Å². The summed E-state index contributed by atoms with van der Waals surface area (Å²) in [6.45, 7) is 1.92. The van der Waals surface area contributed by atoms with Gasteiger partial charge in [-0.3, -0.25) is 4.79 Å². The van der Waals surface area contributed by atoms with Crippen LogP contribution in [-0.4, -0.2) is 18.0 Å². The van der Waals surface area contributed by atoms with Crippen molar-refractivity contribution in [2.45, 2.75) is 13.0 Å². The number of amides is 1. The molecule has 0 aliphatic heterocycles. The van der Waals surface area contributed by atoms with Gasteiger partial charge in [-0.15, -0.1) is 0 Å². The Labute approximate surface area is 140 Å². The second-order valence-corrected chi connectivity index (χ2v) is 6.13. The average Bonchev–Trinajstić information content (AvgIpc) is 2.47. The number of ether oxygens (including phenoxy) is 1. The highest BCUT2D eigenvalue weighted by Gasteiger charge is 2.15. The lowest BCUT2D eigenvalue weighted by Crippen LogP contribution is -2.27. The molecule has 0 spiro atoms. The Balaban J connectivity index is 2.14. The smallest absolute Gasteiger partial charge is 0.271 e. The van der Waals surface area contributed by atoms with E-state index in [1.807, 2.05) is 25.1 Å². The van der Waals surface area contributed by atoms with Crippen molar-refractivity contribution in [3.8, 4) is 5.75 Å². The van der Waals surface area contributed by atoms with Crippen LogP contribution in [0.1, 0.15) is 29.0 Å². The Morgan fingerprint density at radius 2 is 2.05 bits per heavy atom. The third-order valence-electron chi connectivity index (χ3n) is 3.00. The predicted octanol–water partition coefficient (Wildman–Crippen LogP) is 4.11. The fourth-order valence-corrected chi connectivity index (χ4v) is 2.85. The molecule has 1 aromatic heterocycles. The SMILES string of the molecule is COc1ccc(C(C)NC(=O)c2ncccc2Br)cc1Br. The van der Waals surface area contributed by atoms with Gasteiger partial charge in [0.15, 0.2) is 0 Å². The summed E-state index contributed by atoms with van der Waals surface area (Å²) in [6, 6.07) is 9.12. The van der Waals surface area contributed by atoms with Crippen LogP contribution >= 0.6 is 31.9 Å². The number of pyridine rings is 1. The van der Waals surface area contributed by atoms with Gasteiger partial charge in [0.1, 0.15) is 11.4 Å². The average molecular weight is 414 g/mol. The van der Waals surface area contributed by atoms with Crippen LogP contribution in [0.5, 0.6) is 5.75 Å². The van der Waals surface area contributed by atoms with E-state index >= 15 is 0 Å². The van der Waals surface area contributed by atoms with Crippen LogP contribution in [0.25, 0.3) is 0 Å². The fraction of sp³-hybridized carbons (Fsp3) is 0.200. The third kappa shape index (κ3) is 3.83. The summed E-state index contributed by atoms with van der Waals surface area (Å²) in [5, 5.41) is 2.92. The fourth-order valence-electron chi connectivity index (χ4n) is 1.85. The number of carbonyl (C=O) groups excluding carboxylic acids is 1. The number of rotatable bonds is 4. The maximum absolute atomic E-state index is 12.2. The van der Waals surface area contributed by atoms with Crippen LogP contribution in [0.4, 0.5) is 0 Å². The zero-order chi connectivity index (χ0) is 15.4. The molecule has 2 rings (SSSR count). The van der Waals surface area contributed by atoms with Crippen molar-refractivity contribution in [2.24, 2.45) is 0 Å². The Kier molecular flexibility index (Phi) is 5.36. The number of hydrogen-bond donors (Lipinski definition) is 1. The third-order valence-corrected chi connectivity index (χ3v) is 4.26. The number of aromatic nitrogens is 1. The molecule has 0 bridgehead atoms. The van der Waals surface area contributed by atoms with Crippen LogP contribution in [0, 0.1) is 0 Å². The number of nitrogens with one attached hydrogen (secondary N) is 1. The highest BCUT2D eigenvalue weighted by molar-refractivity contribution is 9.10. The van der Waals surface area contributed by atoms with Gasteiger partial charge in [-0.1, -0.05) is 6.07 Å². The molecule has 0 aliphatic rings. The number of halogens is 2. The topological polar surface area (TPSA) is 51.2 Å². The van der Waals surface area contributed by atoms with Crippen molar-refractivity contribution in [3.05, 3.63) is 56.7 Å². The molecule has 1 aromatic carbocycles. The van der Waals surface area contributed by atoms with E-state index in [2.05, 4.69) is 42.2 Å². The van der Waals surface area contributed by atoms with E-state index in [0.29, 0.717) is 10.2 Å². The first-order chi connectivity index (χ1) is 10.0. The van der Waals surface area contributed by atoms with Gasteiger partial charge in [-0.2, -0.15) is 0 Å². The molecule has 6 heteroatoms. The van der Waals surface area contributed by atoms with Crippen LogP contribution < -0.4 is 10.1 Å². The number of hydrogen-bond acceptors (Lipinski definition) is 3. The highest BCUT2D eigenvalue weighted by Crippen LogP contribution is 2.28. The second kappa shape index (κ2) is 7.04. The van der Waals surface area contributed by atoms with Crippen molar-refractivity contribution in [1.82, 2.24) is 10.3 Å². The largest absolute Gasteiger partial charge is 0.496 e. The van der Waals surface area contributed by atoms with Crippen molar-refractivity contribution >= 4 is 37.8 Å². The molecule has 110 valence electrons. The van der Waals surface area contributed by atoms with Crippen molar-refractivity contribution < 1.29 is 9.53 Å². The minimum absolute atomic E-state index is 0.145. The summed E-state index contributed by atoms with van der Waals surface area (Å²) in [6.07, 6.45) is 1.59. The first-order valence-electron chi connectivity index (χ1n) is 6.27. The summed E-state index contributed by atoms with van der Waals surface area (Å²) in [4.78, 5) is 16.3. The van der Waals surface area contributed by atoms with E-state index in [1.54, 1.807) is 25.4 Å². The van der Waals surface area contributed by atoms with Gasteiger partial charge in [0, 0.05) is 10.7 Å². The van der Waals surface area contributed by atoms with Gasteiger partial charge >= 0.3 is 0 Å². The van der Waals surface area contributed by atoms with Gasteiger partial charge in [0.25, 0.3) is 5.91 Å². The zero-order valence-corrected chi connectivity index (χ0v) is 14.7. The lowest BCUT2D eigenvalue weighted by atomic mass is 10.1. The van der Waals surface area contributed by atoms with Crippen molar-refractivity contribution in [2.75, 3.05) is 7.11 Å². The molecule has 2 aromatic rings. The van der Waals surface area contributed by atoms with Gasteiger partial charge in [-0.25, -0.2) is 4.98 Å². The number of benzene rings is 1. The summed E-state index contributed by atoms with van der Waals surface area (Å²) in [5.41, 5.74) is 1.35. The molecule has 1 atom stereocenters. The Morgan fingerprint density at radius 3 is 2.67 bits per heavy atom. The van der Waals surface area contributed by atoms with E-state index in [1.165, 1.54) is 0 Å². The van der Waals surface area contributed by atoms with Crippen LogP contribution in [0.3, 0.4) is 0 Å². The Bertz CT molecular complexity index is 662. The van der Waals surface area contributed by atoms with E-state index in [0.717, 1.165) is 15.8 Å². The summed E-state index contributed by atoms with van der Waals surface area (Å²) in [7, 11) is 1.61. The lowest BCUT2D eigenvalue weighted by molar-refractivity contribution is 0.0934. The molecule has 1 heterocycles. The molecule has 0 fully saturated rings. The van der Waals surface area contributed by atoms with E-state index in [9.17, 15) is 4.79 Å². The molecular weight excluding hydrogens is 400 g/mol. The number of nitrogens with zero attached hydrogens (tertiary/aromatic N) is 1. The van der Waals surface area contributed by atoms with E-state index in [-0.39, 0.29) is 11.9 Å². The highest BCUT2D eigenvalue weighted by atomic mass is 79.9. The minimum Gasteiger partial charge on any atom is -0.496 e. The van der Waals surface area contributed by atoms with Crippen LogP contribution in [-0.2, 0) is 0 Å². The maximum atomic E-state index is 12.2. The van der Waals surface area contributed by atoms with Crippen LogP contribution in [0.2, 0.25) is 0 Å². The first-order valence-corrected chi connectivity index (χ1v) is 7.86. The van der Waals surface area contributed by atoms with Gasteiger partial charge in [-0.05, 0) is 68.6 Å². The minimum atomic E-state index is -0.220. The normalized spacial score (nSPS) is 11.8. The molecule has 21 heavy (non-hydrogen) atoms. The maximum Gasteiger partial charge on any atom is 0.271 e. The van der Waals surface area contributed by atoms with Crippen molar-refractivity contribution in [1.29, 1.82) is 0 Å².